The second kappa shape index (κ2) is 3.90. The molecule has 15 heavy (non-hydrogen) atoms. The SMILES string of the molecule is CC(C)(O)c1nc(C2CCNCC2)no1. The van der Waals surface area contributed by atoms with Gasteiger partial charge in [0.15, 0.2) is 5.82 Å². The van der Waals surface area contributed by atoms with Crippen molar-refractivity contribution in [2.45, 2.75) is 38.2 Å². The topological polar surface area (TPSA) is 71.2 Å². The smallest absolute Gasteiger partial charge is 0.258 e. The molecular formula is C10H17N3O2. The molecule has 0 aliphatic carbocycles. The Labute approximate surface area is 88.9 Å². The van der Waals surface area contributed by atoms with E-state index in [-0.39, 0.29) is 0 Å². The standard InChI is InChI=1S/C10H17N3O2/c1-10(2,14)9-12-8(13-15-9)7-3-5-11-6-4-7/h7,11,14H,3-6H2,1-2H3. The zero-order valence-corrected chi connectivity index (χ0v) is 9.16. The molecule has 1 fully saturated rings. The Morgan fingerprint density at radius 1 is 1.40 bits per heavy atom. The molecule has 1 aromatic heterocycles. The molecule has 5 nitrogen and oxygen atoms in total. The monoisotopic (exact) mass is 211 g/mol. The van der Waals surface area contributed by atoms with Gasteiger partial charge in [0, 0.05) is 5.92 Å². The van der Waals surface area contributed by atoms with Crippen LogP contribution in [-0.4, -0.2) is 28.3 Å². The third-order valence-corrected chi connectivity index (χ3v) is 2.67. The quantitative estimate of drug-likeness (QED) is 0.755. The molecule has 0 radical (unpaired) electrons. The highest BCUT2D eigenvalue weighted by atomic mass is 16.5. The zero-order chi connectivity index (χ0) is 10.9. The number of piperidine rings is 1. The van der Waals surface area contributed by atoms with Gasteiger partial charge in [-0.25, -0.2) is 0 Å². The van der Waals surface area contributed by atoms with Crippen molar-refractivity contribution < 1.29 is 9.63 Å². The maximum absolute atomic E-state index is 9.69. The van der Waals surface area contributed by atoms with Crippen molar-refractivity contribution in [2.24, 2.45) is 0 Å². The van der Waals surface area contributed by atoms with Gasteiger partial charge in [-0.1, -0.05) is 5.16 Å². The van der Waals surface area contributed by atoms with Crippen LogP contribution in [0.1, 0.15) is 44.3 Å². The van der Waals surface area contributed by atoms with Gasteiger partial charge in [-0.2, -0.15) is 4.98 Å². The molecule has 1 aliphatic heterocycles. The van der Waals surface area contributed by atoms with Crippen LogP contribution in [0.15, 0.2) is 4.52 Å². The molecule has 2 heterocycles. The maximum Gasteiger partial charge on any atom is 0.258 e. The highest BCUT2D eigenvalue weighted by Gasteiger charge is 2.27. The lowest BCUT2D eigenvalue weighted by atomic mass is 9.97. The molecule has 0 atom stereocenters. The Balaban J connectivity index is 2.12. The van der Waals surface area contributed by atoms with Gasteiger partial charge < -0.3 is 14.9 Å². The summed E-state index contributed by atoms with van der Waals surface area (Å²) in [7, 11) is 0. The summed E-state index contributed by atoms with van der Waals surface area (Å²) >= 11 is 0. The number of rotatable bonds is 2. The third kappa shape index (κ3) is 2.35. The van der Waals surface area contributed by atoms with E-state index in [9.17, 15) is 5.11 Å². The van der Waals surface area contributed by atoms with E-state index in [1.807, 2.05) is 0 Å². The number of aromatic nitrogens is 2. The Hall–Kier alpha value is -0.940. The fourth-order valence-electron chi connectivity index (χ4n) is 1.73. The molecule has 0 spiro atoms. The van der Waals surface area contributed by atoms with Gasteiger partial charge in [-0.15, -0.1) is 0 Å². The van der Waals surface area contributed by atoms with Crippen molar-refractivity contribution in [3.63, 3.8) is 0 Å². The van der Waals surface area contributed by atoms with Crippen LogP contribution in [0.2, 0.25) is 0 Å². The lowest BCUT2D eigenvalue weighted by molar-refractivity contribution is 0.0420. The van der Waals surface area contributed by atoms with Gasteiger partial charge in [0.25, 0.3) is 5.89 Å². The molecule has 0 unspecified atom stereocenters. The molecule has 5 heteroatoms. The molecule has 0 saturated carbocycles. The predicted molar refractivity (Wildman–Crippen MR) is 54.4 cm³/mol. The molecule has 0 aromatic carbocycles. The average Bonchev–Trinajstić information content (AvgIpc) is 2.67. The zero-order valence-electron chi connectivity index (χ0n) is 9.16. The second-order valence-corrected chi connectivity index (χ2v) is 4.54. The lowest BCUT2D eigenvalue weighted by Crippen LogP contribution is -2.27. The highest BCUT2D eigenvalue weighted by molar-refractivity contribution is 5.01. The van der Waals surface area contributed by atoms with Crippen molar-refractivity contribution in [1.82, 2.24) is 15.5 Å². The summed E-state index contributed by atoms with van der Waals surface area (Å²) in [6.07, 6.45) is 2.07. The molecule has 0 amide bonds. The first-order chi connectivity index (χ1) is 7.07. The third-order valence-electron chi connectivity index (χ3n) is 2.67. The van der Waals surface area contributed by atoms with Gasteiger partial charge in [-0.05, 0) is 39.8 Å². The van der Waals surface area contributed by atoms with Crippen molar-refractivity contribution in [3.05, 3.63) is 11.7 Å². The van der Waals surface area contributed by atoms with Gasteiger partial charge in [0.2, 0.25) is 0 Å². The van der Waals surface area contributed by atoms with E-state index < -0.39 is 5.60 Å². The molecule has 1 aromatic rings. The molecule has 2 N–H and O–H groups in total. The van der Waals surface area contributed by atoms with Crippen LogP contribution in [0.3, 0.4) is 0 Å². The number of nitrogens with one attached hydrogen (secondary N) is 1. The number of aliphatic hydroxyl groups is 1. The van der Waals surface area contributed by atoms with Crippen LogP contribution in [0, 0.1) is 0 Å². The van der Waals surface area contributed by atoms with Gasteiger partial charge >= 0.3 is 0 Å². The fourth-order valence-corrected chi connectivity index (χ4v) is 1.73. The normalized spacial score (nSPS) is 19.4. The van der Waals surface area contributed by atoms with Crippen LogP contribution >= 0.6 is 0 Å². The van der Waals surface area contributed by atoms with E-state index in [1.165, 1.54) is 0 Å². The van der Waals surface area contributed by atoms with E-state index in [4.69, 9.17) is 4.52 Å². The van der Waals surface area contributed by atoms with Gasteiger partial charge in [-0.3, -0.25) is 0 Å². The summed E-state index contributed by atoms with van der Waals surface area (Å²) in [6.45, 7) is 5.29. The summed E-state index contributed by atoms with van der Waals surface area (Å²) in [5.41, 5.74) is -1.04. The van der Waals surface area contributed by atoms with E-state index in [0.717, 1.165) is 31.8 Å². The minimum Gasteiger partial charge on any atom is -0.381 e. The van der Waals surface area contributed by atoms with E-state index in [2.05, 4.69) is 15.5 Å². The first kappa shape index (κ1) is 10.6. The molecule has 0 bridgehead atoms. The van der Waals surface area contributed by atoms with Crippen LogP contribution in [-0.2, 0) is 5.60 Å². The van der Waals surface area contributed by atoms with Crippen LogP contribution in [0.4, 0.5) is 0 Å². The largest absolute Gasteiger partial charge is 0.381 e. The van der Waals surface area contributed by atoms with Crippen molar-refractivity contribution in [1.29, 1.82) is 0 Å². The van der Waals surface area contributed by atoms with Crippen LogP contribution in [0.5, 0.6) is 0 Å². The number of hydrogen-bond donors (Lipinski definition) is 2. The summed E-state index contributed by atoms with van der Waals surface area (Å²) in [4.78, 5) is 4.25. The highest BCUT2D eigenvalue weighted by Crippen LogP contribution is 2.25. The first-order valence-electron chi connectivity index (χ1n) is 5.34. The summed E-state index contributed by atoms with van der Waals surface area (Å²) in [5, 5.41) is 16.9. The Kier molecular flexibility index (Phi) is 2.75. The molecule has 2 rings (SSSR count). The number of hydrogen-bond acceptors (Lipinski definition) is 5. The Bertz CT molecular complexity index is 324. The van der Waals surface area contributed by atoms with Crippen LogP contribution in [0.25, 0.3) is 0 Å². The fraction of sp³-hybridized carbons (Fsp3) is 0.800. The Morgan fingerprint density at radius 3 is 2.60 bits per heavy atom. The van der Waals surface area contributed by atoms with Crippen molar-refractivity contribution >= 4 is 0 Å². The minimum absolute atomic E-state index is 0.302. The maximum atomic E-state index is 9.69. The first-order valence-corrected chi connectivity index (χ1v) is 5.34. The molecular weight excluding hydrogens is 194 g/mol. The van der Waals surface area contributed by atoms with Crippen molar-refractivity contribution in [3.8, 4) is 0 Å². The second-order valence-electron chi connectivity index (χ2n) is 4.54. The number of nitrogens with zero attached hydrogens (tertiary/aromatic N) is 2. The lowest BCUT2D eigenvalue weighted by Gasteiger charge is -2.19. The summed E-state index contributed by atoms with van der Waals surface area (Å²) < 4.78 is 5.05. The van der Waals surface area contributed by atoms with E-state index >= 15 is 0 Å². The van der Waals surface area contributed by atoms with E-state index in [0.29, 0.717) is 11.8 Å². The van der Waals surface area contributed by atoms with Crippen LogP contribution < -0.4 is 5.32 Å². The van der Waals surface area contributed by atoms with Crippen molar-refractivity contribution in [2.75, 3.05) is 13.1 Å². The van der Waals surface area contributed by atoms with Gasteiger partial charge in [0.05, 0.1) is 0 Å². The molecule has 84 valence electrons. The van der Waals surface area contributed by atoms with Gasteiger partial charge in [0.1, 0.15) is 5.60 Å². The summed E-state index contributed by atoms with van der Waals surface area (Å²) in [6, 6.07) is 0. The molecule has 1 aliphatic rings. The average molecular weight is 211 g/mol. The predicted octanol–water partition coefficient (Wildman–Crippen LogP) is 0.764. The Morgan fingerprint density at radius 2 is 2.07 bits per heavy atom. The minimum atomic E-state index is -1.04. The summed E-state index contributed by atoms with van der Waals surface area (Å²) in [5.74, 6) is 1.40. The van der Waals surface area contributed by atoms with E-state index in [1.54, 1.807) is 13.8 Å². The molecule has 1 saturated heterocycles.